The van der Waals surface area contributed by atoms with Crippen LogP contribution in [0.3, 0.4) is 0 Å². The largest absolute Gasteiger partial charge is 0.418 e. The lowest BCUT2D eigenvalue weighted by atomic mass is 10.1. The van der Waals surface area contributed by atoms with Crippen molar-refractivity contribution in [3.05, 3.63) is 53.9 Å². The van der Waals surface area contributed by atoms with Crippen molar-refractivity contribution in [2.24, 2.45) is 0 Å². The molecule has 6 nitrogen and oxygen atoms in total. The van der Waals surface area contributed by atoms with E-state index in [2.05, 4.69) is 25.8 Å². The van der Waals surface area contributed by atoms with Crippen molar-refractivity contribution < 1.29 is 17.7 Å². The number of hydrogen-bond acceptors (Lipinski definition) is 6. The maximum absolute atomic E-state index is 13.0. The van der Waals surface area contributed by atoms with Crippen molar-refractivity contribution in [3.63, 3.8) is 0 Å². The van der Waals surface area contributed by atoms with Gasteiger partial charge in [0.05, 0.1) is 11.3 Å². The van der Waals surface area contributed by atoms with Gasteiger partial charge in [0, 0.05) is 12.3 Å². The van der Waals surface area contributed by atoms with Crippen LogP contribution >= 0.6 is 0 Å². The van der Waals surface area contributed by atoms with Gasteiger partial charge in [0.2, 0.25) is 5.95 Å². The van der Waals surface area contributed by atoms with E-state index in [4.69, 9.17) is 4.52 Å². The van der Waals surface area contributed by atoms with Gasteiger partial charge in [-0.3, -0.25) is 0 Å². The number of anilines is 4. The second-order valence-corrected chi connectivity index (χ2v) is 4.88. The van der Waals surface area contributed by atoms with Gasteiger partial charge in [0.1, 0.15) is 11.6 Å². The molecule has 0 radical (unpaired) electrons. The first-order chi connectivity index (χ1) is 11.4. The molecule has 3 aromatic rings. The molecule has 0 aliphatic rings. The molecule has 2 heterocycles. The smallest absolute Gasteiger partial charge is 0.360 e. The van der Waals surface area contributed by atoms with Gasteiger partial charge in [-0.1, -0.05) is 17.3 Å². The molecule has 2 N–H and O–H groups in total. The number of rotatable bonds is 4. The lowest BCUT2D eigenvalue weighted by Gasteiger charge is -2.13. The third-order valence-corrected chi connectivity index (χ3v) is 3.02. The number of halogens is 3. The van der Waals surface area contributed by atoms with Crippen molar-refractivity contribution >= 4 is 23.3 Å². The van der Waals surface area contributed by atoms with E-state index in [0.29, 0.717) is 17.4 Å². The van der Waals surface area contributed by atoms with Gasteiger partial charge >= 0.3 is 6.18 Å². The minimum Gasteiger partial charge on any atom is -0.360 e. The summed E-state index contributed by atoms with van der Waals surface area (Å²) >= 11 is 0. The summed E-state index contributed by atoms with van der Waals surface area (Å²) in [5, 5.41) is 9.22. The molecule has 0 unspecified atom stereocenters. The minimum atomic E-state index is -4.47. The van der Waals surface area contributed by atoms with Crippen LogP contribution in [0.5, 0.6) is 0 Å². The normalized spacial score (nSPS) is 11.3. The predicted octanol–water partition coefficient (Wildman–Crippen LogP) is 4.28. The number of nitrogens with one attached hydrogen (secondary N) is 2. The lowest BCUT2D eigenvalue weighted by Crippen LogP contribution is -2.09. The molecule has 3 rings (SSSR count). The SMILES string of the molecule is Cc1cc(Nc2ccnc(Nc3ccccc3C(F)(F)F)n2)no1. The van der Waals surface area contributed by atoms with Crippen LogP contribution in [0.25, 0.3) is 0 Å². The number of hydrogen-bond donors (Lipinski definition) is 2. The van der Waals surface area contributed by atoms with Crippen molar-refractivity contribution in [2.75, 3.05) is 10.6 Å². The van der Waals surface area contributed by atoms with Crippen LogP contribution in [0.4, 0.5) is 36.4 Å². The zero-order valence-electron chi connectivity index (χ0n) is 12.4. The van der Waals surface area contributed by atoms with E-state index in [0.717, 1.165) is 6.07 Å². The molecule has 0 saturated heterocycles. The Labute approximate surface area is 134 Å². The highest BCUT2D eigenvalue weighted by Gasteiger charge is 2.33. The summed E-state index contributed by atoms with van der Waals surface area (Å²) in [6.45, 7) is 1.74. The van der Waals surface area contributed by atoms with E-state index in [1.807, 2.05) is 0 Å². The maximum Gasteiger partial charge on any atom is 0.418 e. The average Bonchev–Trinajstić information content (AvgIpc) is 2.92. The molecular weight excluding hydrogens is 323 g/mol. The van der Waals surface area contributed by atoms with E-state index in [1.165, 1.54) is 24.4 Å². The molecule has 0 aliphatic heterocycles. The van der Waals surface area contributed by atoms with Crippen LogP contribution in [0, 0.1) is 6.92 Å². The fourth-order valence-corrected chi connectivity index (χ4v) is 2.00. The maximum atomic E-state index is 13.0. The average molecular weight is 335 g/mol. The molecule has 0 amide bonds. The number of benzene rings is 1. The highest BCUT2D eigenvalue weighted by molar-refractivity contribution is 5.61. The number of alkyl halides is 3. The van der Waals surface area contributed by atoms with E-state index < -0.39 is 11.7 Å². The van der Waals surface area contributed by atoms with Crippen molar-refractivity contribution in [1.29, 1.82) is 0 Å². The number of nitrogens with zero attached hydrogens (tertiary/aromatic N) is 3. The summed E-state index contributed by atoms with van der Waals surface area (Å²) in [6, 6.07) is 8.34. The Balaban J connectivity index is 1.83. The first-order valence-corrected chi connectivity index (χ1v) is 6.88. The van der Waals surface area contributed by atoms with Gasteiger partial charge in [-0.15, -0.1) is 0 Å². The zero-order chi connectivity index (χ0) is 17.2. The van der Waals surface area contributed by atoms with Gasteiger partial charge in [0.25, 0.3) is 0 Å². The molecule has 0 aliphatic carbocycles. The van der Waals surface area contributed by atoms with Gasteiger partial charge < -0.3 is 15.2 Å². The molecular formula is C15H12F3N5O. The number of para-hydroxylation sites is 1. The van der Waals surface area contributed by atoms with Crippen molar-refractivity contribution in [1.82, 2.24) is 15.1 Å². The summed E-state index contributed by atoms with van der Waals surface area (Å²) in [6.07, 6.45) is -3.06. The van der Waals surface area contributed by atoms with Crippen LogP contribution in [0.2, 0.25) is 0 Å². The Morgan fingerprint density at radius 2 is 1.83 bits per heavy atom. The summed E-state index contributed by atoms with van der Waals surface area (Å²) in [7, 11) is 0. The summed E-state index contributed by atoms with van der Waals surface area (Å²) in [5.74, 6) is 1.44. The molecule has 0 atom stereocenters. The Morgan fingerprint density at radius 3 is 2.54 bits per heavy atom. The molecule has 0 fully saturated rings. The Morgan fingerprint density at radius 1 is 1.04 bits per heavy atom. The topological polar surface area (TPSA) is 75.9 Å². The molecule has 24 heavy (non-hydrogen) atoms. The molecule has 124 valence electrons. The first kappa shape index (κ1) is 15.8. The standard InChI is InChI=1S/C15H12F3N5O/c1-9-8-13(23-24-9)21-12-6-7-19-14(22-12)20-11-5-3-2-4-10(11)15(16,17)18/h2-8H,1H3,(H2,19,20,21,22,23). The van der Waals surface area contributed by atoms with Gasteiger partial charge in [-0.05, 0) is 25.1 Å². The monoisotopic (exact) mass is 335 g/mol. The van der Waals surface area contributed by atoms with Gasteiger partial charge in [-0.2, -0.15) is 18.2 Å². The van der Waals surface area contributed by atoms with Crippen LogP contribution in [-0.2, 0) is 6.18 Å². The second-order valence-electron chi connectivity index (χ2n) is 4.88. The van der Waals surface area contributed by atoms with Crippen LogP contribution in [0.1, 0.15) is 11.3 Å². The van der Waals surface area contributed by atoms with Crippen molar-refractivity contribution in [2.45, 2.75) is 13.1 Å². The van der Waals surface area contributed by atoms with E-state index in [-0.39, 0.29) is 11.6 Å². The van der Waals surface area contributed by atoms with E-state index >= 15 is 0 Å². The lowest BCUT2D eigenvalue weighted by molar-refractivity contribution is -0.136. The van der Waals surface area contributed by atoms with Crippen LogP contribution in [-0.4, -0.2) is 15.1 Å². The highest BCUT2D eigenvalue weighted by atomic mass is 19.4. The third kappa shape index (κ3) is 3.62. The zero-order valence-corrected chi connectivity index (χ0v) is 12.4. The first-order valence-electron chi connectivity index (χ1n) is 6.88. The van der Waals surface area contributed by atoms with Gasteiger partial charge in [-0.25, -0.2) is 4.98 Å². The fourth-order valence-electron chi connectivity index (χ4n) is 2.00. The number of aryl methyl sites for hydroxylation is 1. The minimum absolute atomic E-state index is 0.0249. The van der Waals surface area contributed by atoms with E-state index in [1.54, 1.807) is 19.1 Å². The quantitative estimate of drug-likeness (QED) is 0.741. The Hall–Kier alpha value is -3.10. The molecule has 0 spiro atoms. The second kappa shape index (κ2) is 6.19. The predicted molar refractivity (Wildman–Crippen MR) is 81.3 cm³/mol. The van der Waals surface area contributed by atoms with Crippen LogP contribution < -0.4 is 10.6 Å². The molecule has 1 aromatic carbocycles. The van der Waals surface area contributed by atoms with E-state index in [9.17, 15) is 13.2 Å². The highest BCUT2D eigenvalue weighted by Crippen LogP contribution is 2.35. The Bertz CT molecular complexity index is 847. The fraction of sp³-hybridized carbons (Fsp3) is 0.133. The van der Waals surface area contributed by atoms with Crippen LogP contribution in [0.15, 0.2) is 47.1 Å². The molecule has 0 saturated carbocycles. The third-order valence-electron chi connectivity index (χ3n) is 3.02. The summed E-state index contributed by atoms with van der Waals surface area (Å²) in [5.41, 5.74) is -0.918. The van der Waals surface area contributed by atoms with Gasteiger partial charge in [0.15, 0.2) is 5.82 Å². The molecule has 9 heteroatoms. The molecule has 0 bridgehead atoms. The number of aromatic nitrogens is 3. The Kier molecular flexibility index (Phi) is 4.07. The molecule has 2 aromatic heterocycles. The summed E-state index contributed by atoms with van der Waals surface area (Å²) in [4.78, 5) is 8.04. The summed E-state index contributed by atoms with van der Waals surface area (Å²) < 4.78 is 43.9. The van der Waals surface area contributed by atoms with Crippen molar-refractivity contribution in [3.8, 4) is 0 Å².